The van der Waals surface area contributed by atoms with Gasteiger partial charge in [0.25, 0.3) is 5.89 Å². The molecule has 0 radical (unpaired) electrons. The molecular formula is C15H17Cl2N5O. The zero-order chi connectivity index (χ0) is 15.5. The van der Waals surface area contributed by atoms with Crippen LogP contribution in [0.25, 0.3) is 17.3 Å². The molecule has 0 spiro atoms. The first-order chi connectivity index (χ1) is 10.7. The van der Waals surface area contributed by atoms with E-state index in [1.165, 1.54) is 0 Å². The molecule has 23 heavy (non-hydrogen) atoms. The second-order valence-corrected chi connectivity index (χ2v) is 5.47. The van der Waals surface area contributed by atoms with Gasteiger partial charge in [0.1, 0.15) is 0 Å². The summed E-state index contributed by atoms with van der Waals surface area (Å²) in [4.78, 5) is 4.37. The molecule has 0 aliphatic heterocycles. The van der Waals surface area contributed by atoms with Crippen LogP contribution in [0.2, 0.25) is 5.02 Å². The highest BCUT2D eigenvalue weighted by atomic mass is 35.5. The molecule has 1 N–H and O–H groups in total. The number of rotatable bonds is 5. The smallest absolute Gasteiger partial charge is 0.278 e. The number of nitrogens with one attached hydrogen (secondary N) is 1. The number of benzene rings is 1. The van der Waals surface area contributed by atoms with Crippen LogP contribution in [0.3, 0.4) is 0 Å². The number of nitrogens with zero attached hydrogens (tertiary/aromatic N) is 4. The van der Waals surface area contributed by atoms with Crippen LogP contribution in [0, 0.1) is 0 Å². The van der Waals surface area contributed by atoms with E-state index < -0.39 is 0 Å². The van der Waals surface area contributed by atoms with Gasteiger partial charge in [-0.1, -0.05) is 22.8 Å². The fraction of sp³-hybridized carbons (Fsp3) is 0.267. The molecule has 1 unspecified atom stereocenters. The van der Waals surface area contributed by atoms with Crippen LogP contribution in [0.1, 0.15) is 12.7 Å². The lowest BCUT2D eigenvalue weighted by atomic mass is 10.2. The largest absolute Gasteiger partial charge is 0.332 e. The molecule has 2 aromatic heterocycles. The van der Waals surface area contributed by atoms with Crippen molar-refractivity contribution in [3.63, 3.8) is 0 Å². The summed E-state index contributed by atoms with van der Waals surface area (Å²) in [5, 5.41) is 12.2. The molecule has 0 amide bonds. The van der Waals surface area contributed by atoms with Crippen LogP contribution in [-0.4, -0.2) is 33.0 Å². The maximum Gasteiger partial charge on any atom is 0.278 e. The van der Waals surface area contributed by atoms with Gasteiger partial charge in [0.15, 0.2) is 11.5 Å². The van der Waals surface area contributed by atoms with Gasteiger partial charge in [0.2, 0.25) is 0 Å². The predicted molar refractivity (Wildman–Crippen MR) is 91.3 cm³/mol. The van der Waals surface area contributed by atoms with Gasteiger partial charge in [-0.15, -0.1) is 12.4 Å². The molecule has 6 nitrogen and oxygen atoms in total. The summed E-state index contributed by atoms with van der Waals surface area (Å²) in [6.45, 7) is 2.06. The predicted octanol–water partition coefficient (Wildman–Crippen LogP) is 3.15. The summed E-state index contributed by atoms with van der Waals surface area (Å²) in [6.07, 6.45) is 2.54. The van der Waals surface area contributed by atoms with Gasteiger partial charge in [-0.2, -0.15) is 10.1 Å². The van der Waals surface area contributed by atoms with Crippen molar-refractivity contribution in [1.82, 2.24) is 25.2 Å². The van der Waals surface area contributed by atoms with E-state index in [2.05, 4.69) is 27.5 Å². The second kappa shape index (κ2) is 7.59. The second-order valence-electron chi connectivity index (χ2n) is 5.04. The summed E-state index contributed by atoms with van der Waals surface area (Å²) >= 11 is 6.00. The van der Waals surface area contributed by atoms with Crippen molar-refractivity contribution in [2.24, 2.45) is 0 Å². The van der Waals surface area contributed by atoms with Crippen LogP contribution in [-0.2, 0) is 6.42 Å². The lowest BCUT2D eigenvalue weighted by Gasteiger charge is -2.04. The topological polar surface area (TPSA) is 68.8 Å². The minimum Gasteiger partial charge on any atom is -0.332 e. The number of aromatic nitrogens is 4. The van der Waals surface area contributed by atoms with Crippen molar-refractivity contribution >= 4 is 24.0 Å². The first-order valence-corrected chi connectivity index (χ1v) is 7.35. The van der Waals surface area contributed by atoms with Gasteiger partial charge >= 0.3 is 0 Å². The minimum absolute atomic E-state index is 0. The Labute approximate surface area is 145 Å². The summed E-state index contributed by atoms with van der Waals surface area (Å²) in [6, 6.07) is 9.59. The van der Waals surface area contributed by atoms with E-state index in [0.29, 0.717) is 28.9 Å². The molecule has 0 saturated carbocycles. The van der Waals surface area contributed by atoms with Crippen LogP contribution < -0.4 is 5.32 Å². The van der Waals surface area contributed by atoms with E-state index in [9.17, 15) is 0 Å². The summed E-state index contributed by atoms with van der Waals surface area (Å²) in [7, 11) is 1.90. The maximum absolute atomic E-state index is 6.00. The van der Waals surface area contributed by atoms with Gasteiger partial charge in [-0.05, 0) is 38.2 Å². The molecule has 0 aliphatic carbocycles. The lowest BCUT2D eigenvalue weighted by Crippen LogP contribution is -2.24. The molecule has 122 valence electrons. The van der Waals surface area contributed by atoms with E-state index >= 15 is 0 Å². The zero-order valence-corrected chi connectivity index (χ0v) is 14.3. The van der Waals surface area contributed by atoms with Crippen molar-refractivity contribution in [1.29, 1.82) is 0 Å². The molecular weight excluding hydrogens is 337 g/mol. The van der Waals surface area contributed by atoms with Crippen molar-refractivity contribution < 1.29 is 4.52 Å². The van der Waals surface area contributed by atoms with Gasteiger partial charge in [0, 0.05) is 23.7 Å². The number of halogens is 2. The number of likely N-dealkylation sites (N-methyl/N-ethyl adjacent to an activating group) is 1. The Balaban J connectivity index is 0.00000192. The Kier molecular flexibility index (Phi) is 5.76. The van der Waals surface area contributed by atoms with Gasteiger partial charge in [-0.25, -0.2) is 4.68 Å². The summed E-state index contributed by atoms with van der Waals surface area (Å²) in [5.41, 5.74) is 1.51. The Hall–Kier alpha value is -1.89. The molecule has 0 aliphatic rings. The quantitative estimate of drug-likeness (QED) is 0.762. The fourth-order valence-corrected chi connectivity index (χ4v) is 2.20. The first-order valence-electron chi connectivity index (χ1n) is 6.97. The van der Waals surface area contributed by atoms with Crippen LogP contribution >= 0.6 is 24.0 Å². The zero-order valence-electron chi connectivity index (χ0n) is 12.7. The highest BCUT2D eigenvalue weighted by Gasteiger charge is 2.13. The normalized spacial score (nSPS) is 12.0. The molecule has 0 fully saturated rings. The van der Waals surface area contributed by atoms with Gasteiger partial charge in [-0.3, -0.25) is 0 Å². The minimum atomic E-state index is 0. The van der Waals surface area contributed by atoms with E-state index in [4.69, 9.17) is 16.1 Å². The third-order valence-electron chi connectivity index (χ3n) is 3.33. The lowest BCUT2D eigenvalue weighted by molar-refractivity contribution is 0.417. The fourth-order valence-electron chi connectivity index (χ4n) is 2.02. The Morgan fingerprint density at radius 2 is 2.17 bits per heavy atom. The highest BCUT2D eigenvalue weighted by molar-refractivity contribution is 6.30. The van der Waals surface area contributed by atoms with E-state index in [1.54, 1.807) is 4.68 Å². The van der Waals surface area contributed by atoms with Crippen LogP contribution in [0.5, 0.6) is 0 Å². The average molecular weight is 354 g/mol. The van der Waals surface area contributed by atoms with E-state index in [1.807, 2.05) is 43.6 Å². The van der Waals surface area contributed by atoms with Gasteiger partial charge in [0.05, 0.1) is 5.69 Å². The molecule has 8 heteroatoms. The van der Waals surface area contributed by atoms with Crippen molar-refractivity contribution in [3.8, 4) is 17.3 Å². The third kappa shape index (κ3) is 4.10. The Morgan fingerprint density at radius 3 is 2.91 bits per heavy atom. The van der Waals surface area contributed by atoms with E-state index in [0.717, 1.165) is 5.69 Å². The first kappa shape index (κ1) is 17.5. The van der Waals surface area contributed by atoms with Crippen molar-refractivity contribution in [3.05, 3.63) is 47.4 Å². The standard InChI is InChI=1S/C15H16ClN5O.ClH/c1-10(17-2)8-14-18-15(22-20-14)13-6-7-21(19-13)12-5-3-4-11(16)9-12;/h3-7,9-10,17H,8H2,1-2H3;1H. The Bertz CT molecular complexity index is 771. The van der Waals surface area contributed by atoms with Crippen LogP contribution in [0.15, 0.2) is 41.1 Å². The Morgan fingerprint density at radius 1 is 1.35 bits per heavy atom. The van der Waals surface area contributed by atoms with E-state index in [-0.39, 0.29) is 18.4 Å². The number of hydrogen-bond donors (Lipinski definition) is 1. The molecule has 0 bridgehead atoms. The van der Waals surface area contributed by atoms with Crippen molar-refractivity contribution in [2.75, 3.05) is 7.05 Å². The summed E-state index contributed by atoms with van der Waals surface area (Å²) < 4.78 is 7.00. The molecule has 2 heterocycles. The monoisotopic (exact) mass is 353 g/mol. The molecule has 1 aromatic carbocycles. The van der Waals surface area contributed by atoms with Gasteiger partial charge < -0.3 is 9.84 Å². The molecule has 3 aromatic rings. The third-order valence-corrected chi connectivity index (χ3v) is 3.57. The molecule has 3 rings (SSSR count). The van der Waals surface area contributed by atoms with Crippen molar-refractivity contribution in [2.45, 2.75) is 19.4 Å². The SMILES string of the molecule is CNC(C)Cc1noc(-c2ccn(-c3cccc(Cl)c3)n2)n1.Cl. The number of hydrogen-bond acceptors (Lipinski definition) is 5. The maximum atomic E-state index is 6.00. The van der Waals surface area contributed by atoms with Crippen LogP contribution in [0.4, 0.5) is 0 Å². The molecule has 1 atom stereocenters. The molecule has 0 saturated heterocycles. The highest BCUT2D eigenvalue weighted by Crippen LogP contribution is 2.19. The average Bonchev–Trinajstić information content (AvgIpc) is 3.15. The summed E-state index contributed by atoms with van der Waals surface area (Å²) in [5.74, 6) is 1.08.